The van der Waals surface area contributed by atoms with Gasteiger partial charge in [-0.25, -0.2) is 0 Å². The third kappa shape index (κ3) is 13.7. The van der Waals surface area contributed by atoms with E-state index in [4.69, 9.17) is 0 Å². The maximum atomic E-state index is 11.2. The number of nitrogens with one attached hydrogen (secondary N) is 1. The number of phenolic OH excluding ortho intramolecular Hbond substituents is 1. The Kier molecular flexibility index (Phi) is 19.6. The Morgan fingerprint density at radius 2 is 1.63 bits per heavy atom. The van der Waals surface area contributed by atoms with Crippen molar-refractivity contribution < 1.29 is 14.8 Å². The largest absolute Gasteiger partial charge is 0.507 e. The lowest BCUT2D eigenvalue weighted by Gasteiger charge is -2.18. The number of aromatic hydroxyl groups is 1. The number of hydrogen-bond acceptors (Lipinski definition) is 3. The molecule has 1 atom stereocenters. The molecule has 41 heavy (non-hydrogen) atoms. The Bertz CT molecular complexity index is 1100. The van der Waals surface area contributed by atoms with Crippen LogP contribution < -0.4 is 5.32 Å². The van der Waals surface area contributed by atoms with Crippen molar-refractivity contribution >= 4 is 17.2 Å². The second-order valence-electron chi connectivity index (χ2n) is 10.0. The number of para-hydroxylation sites is 1. The van der Waals surface area contributed by atoms with Crippen LogP contribution in [0.2, 0.25) is 0 Å². The lowest BCUT2D eigenvalue weighted by atomic mass is 9.88. The fourth-order valence-corrected chi connectivity index (χ4v) is 4.18. The van der Waals surface area contributed by atoms with E-state index < -0.39 is 0 Å². The average Bonchev–Trinajstić information content (AvgIpc) is 2.97. The van der Waals surface area contributed by atoms with Gasteiger partial charge in [-0.15, -0.1) is 5.01 Å². The van der Waals surface area contributed by atoms with E-state index in [0.29, 0.717) is 11.7 Å². The van der Waals surface area contributed by atoms with Crippen molar-refractivity contribution in [3.05, 3.63) is 70.7 Å². The Morgan fingerprint density at radius 1 is 1.00 bits per heavy atom. The molecule has 0 fully saturated rings. The van der Waals surface area contributed by atoms with Crippen molar-refractivity contribution in [3.8, 4) is 16.9 Å². The van der Waals surface area contributed by atoms with Gasteiger partial charge in [0.25, 0.3) is 0 Å². The number of allylic oxidation sites excluding steroid dienone is 4. The zero-order chi connectivity index (χ0) is 31.4. The summed E-state index contributed by atoms with van der Waals surface area (Å²) in [4.78, 5) is 23.1. The molecule has 0 saturated carbocycles. The monoisotopic (exact) mass is 566 g/mol. The highest BCUT2D eigenvalue weighted by molar-refractivity contribution is 5.89. The molecule has 0 aromatic heterocycles. The lowest BCUT2D eigenvalue weighted by Crippen LogP contribution is -2.32. The first-order valence-corrected chi connectivity index (χ1v) is 15.3. The molecule has 2 aromatic rings. The first kappa shape index (κ1) is 37.6. The van der Waals surface area contributed by atoms with E-state index in [1.54, 1.807) is 7.05 Å². The molecule has 1 unspecified atom stereocenters. The highest BCUT2D eigenvalue weighted by atomic mass is 16.3. The summed E-state index contributed by atoms with van der Waals surface area (Å²) in [5, 5.41) is 15.6. The molecule has 0 aliphatic rings. The van der Waals surface area contributed by atoms with Gasteiger partial charge in [-0.05, 0) is 62.3 Å². The van der Waals surface area contributed by atoms with Gasteiger partial charge in [0.2, 0.25) is 13.0 Å². The number of hydrogen-bond donors (Lipinski definition) is 2. The number of anilines is 1. The number of carbonyl (C=O) groups is 1. The standard InChI is InChI=1S/C24H29NO2.C9H21N2O.C2H6/c1-6-16(3)15-23(17(4)7-2)22-10-8-9-21(24(22)27)19-11-13-20(14-12-19)25-18(5)26;1-4-6-7-9-11(8-5-2)10(3)12;1-2/h6,8-15,17,27H,7H2,1-5H3,(H,25,26);4-9H2,1-3H3;1-2H3/q;+1;/b16-6-,23-15+;;. The fourth-order valence-electron chi connectivity index (χ4n) is 4.18. The Hall–Kier alpha value is -3.41. The molecule has 6 nitrogen and oxygen atoms in total. The lowest BCUT2D eigenvalue weighted by molar-refractivity contribution is -0.686. The molecule has 0 aliphatic carbocycles. The van der Waals surface area contributed by atoms with Crippen LogP contribution in [0.4, 0.5) is 5.69 Å². The van der Waals surface area contributed by atoms with E-state index in [2.05, 4.69) is 52.1 Å². The normalized spacial score (nSPS) is 11.9. The van der Waals surface area contributed by atoms with Crippen molar-refractivity contribution in [3.63, 3.8) is 0 Å². The van der Waals surface area contributed by atoms with E-state index in [0.717, 1.165) is 65.2 Å². The van der Waals surface area contributed by atoms with Gasteiger partial charge in [-0.1, -0.05) is 102 Å². The summed E-state index contributed by atoms with van der Waals surface area (Å²) in [6.07, 6.45) is 9.83. The quantitative estimate of drug-likeness (QED) is 0.110. The van der Waals surface area contributed by atoms with Gasteiger partial charge in [0.05, 0.1) is 18.0 Å². The summed E-state index contributed by atoms with van der Waals surface area (Å²) in [6, 6.07) is 13.4. The number of amides is 1. The molecule has 2 N–H and O–H groups in total. The zero-order valence-electron chi connectivity index (χ0n) is 27.4. The molecular weight excluding hydrogens is 510 g/mol. The van der Waals surface area contributed by atoms with E-state index >= 15 is 0 Å². The van der Waals surface area contributed by atoms with Crippen molar-refractivity contribution in [2.75, 3.05) is 25.5 Å². The molecule has 6 heteroatoms. The van der Waals surface area contributed by atoms with Gasteiger partial charge in [0.15, 0.2) is 0 Å². The number of carbonyl (C=O) groups excluding carboxylic acids is 1. The Labute approximate surface area is 250 Å². The summed E-state index contributed by atoms with van der Waals surface area (Å²) in [6.45, 7) is 20.0. The summed E-state index contributed by atoms with van der Waals surface area (Å²) in [5.74, 6) is 0.527. The van der Waals surface area contributed by atoms with Crippen molar-refractivity contribution in [1.82, 2.24) is 5.01 Å². The smallest absolute Gasteiger partial charge is 0.221 e. The third-order valence-electron chi connectivity index (χ3n) is 6.74. The van der Waals surface area contributed by atoms with Crippen LogP contribution >= 0.6 is 0 Å². The highest BCUT2D eigenvalue weighted by Crippen LogP contribution is 2.39. The Balaban J connectivity index is 0.000000962. The summed E-state index contributed by atoms with van der Waals surface area (Å²) < 4.78 is 0. The van der Waals surface area contributed by atoms with Crippen LogP contribution in [-0.2, 0) is 4.79 Å². The van der Waals surface area contributed by atoms with Crippen LogP contribution in [-0.4, -0.2) is 41.0 Å². The molecule has 0 spiro atoms. The molecular formula is C35H56N3O3+. The first-order chi connectivity index (χ1) is 19.6. The minimum atomic E-state index is -0.102. The average molecular weight is 567 g/mol. The second-order valence-corrected chi connectivity index (χ2v) is 10.0. The van der Waals surface area contributed by atoms with Crippen LogP contribution in [0.15, 0.2) is 60.2 Å². The molecule has 0 radical (unpaired) electrons. The van der Waals surface area contributed by atoms with Crippen molar-refractivity contribution in [1.29, 1.82) is 0 Å². The SMILES string of the molecule is C/C=C(C)\C=C(\c1cccc(-c2ccc(NC(C)=O)cc2)c1O)C(C)CC.CC.CCCCCN(CCC)[N+](C)=O. The number of nitroso groups, excluding NO2 is 1. The number of nitrogens with zero attached hydrogens (tertiary/aromatic N) is 2. The fraction of sp³-hybridized carbons (Fsp3) is 0.514. The van der Waals surface area contributed by atoms with Crippen LogP contribution in [0.25, 0.3) is 16.7 Å². The maximum Gasteiger partial charge on any atom is 0.221 e. The van der Waals surface area contributed by atoms with Gasteiger partial charge in [0, 0.05) is 23.7 Å². The Morgan fingerprint density at radius 3 is 2.12 bits per heavy atom. The minimum Gasteiger partial charge on any atom is -0.507 e. The van der Waals surface area contributed by atoms with E-state index in [9.17, 15) is 14.8 Å². The first-order valence-electron chi connectivity index (χ1n) is 15.3. The molecule has 0 heterocycles. The summed E-state index contributed by atoms with van der Waals surface area (Å²) >= 11 is 0. The molecule has 0 aliphatic heterocycles. The van der Waals surface area contributed by atoms with Gasteiger partial charge in [-0.3, -0.25) is 4.79 Å². The highest BCUT2D eigenvalue weighted by Gasteiger charge is 2.17. The van der Waals surface area contributed by atoms with Gasteiger partial charge in [-0.2, -0.15) is 0 Å². The third-order valence-corrected chi connectivity index (χ3v) is 6.74. The van der Waals surface area contributed by atoms with Crippen LogP contribution in [0.1, 0.15) is 100.0 Å². The molecule has 0 bridgehead atoms. The van der Waals surface area contributed by atoms with E-state index in [-0.39, 0.29) is 5.91 Å². The molecule has 1 amide bonds. The van der Waals surface area contributed by atoms with Crippen molar-refractivity contribution in [2.24, 2.45) is 5.92 Å². The topological polar surface area (TPSA) is 72.7 Å². The van der Waals surface area contributed by atoms with Crippen LogP contribution in [0.5, 0.6) is 5.75 Å². The second kappa shape index (κ2) is 21.4. The van der Waals surface area contributed by atoms with E-state index in [1.165, 1.54) is 25.3 Å². The summed E-state index contributed by atoms with van der Waals surface area (Å²) in [5.41, 5.74) is 5.63. The zero-order valence-corrected chi connectivity index (χ0v) is 27.4. The predicted molar refractivity (Wildman–Crippen MR) is 177 cm³/mol. The number of phenols is 1. The van der Waals surface area contributed by atoms with Gasteiger partial charge in [0.1, 0.15) is 10.6 Å². The van der Waals surface area contributed by atoms with Crippen molar-refractivity contribution in [2.45, 2.75) is 94.4 Å². The molecule has 0 saturated heterocycles. The number of hydrazine groups is 1. The predicted octanol–water partition coefficient (Wildman–Crippen LogP) is 9.65. The molecule has 228 valence electrons. The number of rotatable bonds is 13. The van der Waals surface area contributed by atoms with E-state index in [1.807, 2.05) is 68.2 Å². The van der Waals surface area contributed by atoms with Gasteiger partial charge < -0.3 is 10.4 Å². The minimum absolute atomic E-state index is 0.102. The van der Waals surface area contributed by atoms with Gasteiger partial charge >= 0.3 is 0 Å². The molecule has 2 aromatic carbocycles. The summed E-state index contributed by atoms with van der Waals surface area (Å²) in [7, 11) is 1.57. The van der Waals surface area contributed by atoms with Crippen LogP contribution in [0, 0.1) is 10.8 Å². The molecule has 2 rings (SSSR count). The van der Waals surface area contributed by atoms with Crippen LogP contribution in [0.3, 0.4) is 0 Å². The number of benzene rings is 2. The maximum absolute atomic E-state index is 11.2. The number of unbranched alkanes of at least 4 members (excludes halogenated alkanes) is 2.